The van der Waals surface area contributed by atoms with Gasteiger partial charge in [0.15, 0.2) is 0 Å². The molecule has 2 N–H and O–H groups in total. The van der Waals surface area contributed by atoms with Gasteiger partial charge in [0.25, 0.3) is 0 Å². The Morgan fingerprint density at radius 1 is 1.32 bits per heavy atom. The van der Waals surface area contributed by atoms with Crippen molar-refractivity contribution in [1.29, 1.82) is 0 Å². The van der Waals surface area contributed by atoms with Crippen molar-refractivity contribution in [3.05, 3.63) is 0 Å². The normalized spacial score (nSPS) is 13.2. The number of amides is 2. The first-order valence-corrected chi connectivity index (χ1v) is 5.50. The van der Waals surface area contributed by atoms with Crippen LogP contribution in [-0.2, 0) is 4.79 Å². The quantitative estimate of drug-likeness (QED) is 0.749. The summed E-state index contributed by atoms with van der Waals surface area (Å²) in [7, 11) is 3.49. The summed E-state index contributed by atoms with van der Waals surface area (Å²) in [5.74, 6) is -1.50. The lowest BCUT2D eigenvalue weighted by Crippen LogP contribution is -2.51. The number of hydrogen-bond donors (Lipinski definition) is 2. The number of likely N-dealkylation sites (N-methyl/N-ethyl adjacent to an activating group) is 1. The highest BCUT2D eigenvalue weighted by molar-refractivity contribution is 5.80. The molecule has 0 heterocycles. The van der Waals surface area contributed by atoms with Crippen LogP contribution >= 0.6 is 0 Å². The molecule has 112 valence electrons. The van der Waals surface area contributed by atoms with E-state index < -0.39 is 37.3 Å². The zero-order valence-electron chi connectivity index (χ0n) is 11.0. The van der Waals surface area contributed by atoms with Crippen molar-refractivity contribution >= 4 is 12.0 Å². The van der Waals surface area contributed by atoms with Gasteiger partial charge >= 0.3 is 18.2 Å². The predicted molar refractivity (Wildman–Crippen MR) is 61.8 cm³/mol. The maximum atomic E-state index is 12.2. The van der Waals surface area contributed by atoms with Crippen LogP contribution in [0.25, 0.3) is 0 Å². The molecule has 0 fully saturated rings. The topological polar surface area (TPSA) is 72.9 Å². The highest BCUT2D eigenvalue weighted by Gasteiger charge is 2.34. The molecule has 0 saturated carbocycles. The van der Waals surface area contributed by atoms with Gasteiger partial charge in [0.05, 0.1) is 0 Å². The fraction of sp³-hybridized carbons (Fsp3) is 0.800. The number of carbonyl (C=O) groups excluding carboxylic acids is 1. The number of nitrogens with one attached hydrogen (secondary N) is 1. The minimum absolute atomic E-state index is 0.217. The molecule has 0 aliphatic carbocycles. The second kappa shape index (κ2) is 7.17. The fourth-order valence-corrected chi connectivity index (χ4v) is 1.47. The summed E-state index contributed by atoms with van der Waals surface area (Å²) in [6.45, 7) is -0.553. The van der Waals surface area contributed by atoms with Gasteiger partial charge < -0.3 is 20.2 Å². The number of carboxylic acids is 1. The van der Waals surface area contributed by atoms with Crippen LogP contribution in [0, 0.1) is 0 Å². The molecule has 19 heavy (non-hydrogen) atoms. The van der Waals surface area contributed by atoms with Crippen LogP contribution < -0.4 is 5.32 Å². The zero-order chi connectivity index (χ0) is 15.2. The minimum Gasteiger partial charge on any atom is -0.480 e. The summed E-state index contributed by atoms with van der Waals surface area (Å²) >= 11 is 0. The number of alkyl halides is 3. The van der Waals surface area contributed by atoms with Crippen LogP contribution in [0.5, 0.6) is 0 Å². The van der Waals surface area contributed by atoms with E-state index in [1.807, 2.05) is 0 Å². The van der Waals surface area contributed by atoms with Gasteiger partial charge in [-0.2, -0.15) is 13.2 Å². The van der Waals surface area contributed by atoms with E-state index in [4.69, 9.17) is 5.11 Å². The molecule has 0 bridgehead atoms. The maximum absolute atomic E-state index is 12.2. The first kappa shape index (κ1) is 17.5. The van der Waals surface area contributed by atoms with Crippen LogP contribution in [0.2, 0.25) is 0 Å². The Morgan fingerprint density at radius 2 is 1.84 bits per heavy atom. The van der Waals surface area contributed by atoms with Gasteiger partial charge in [0.2, 0.25) is 0 Å². The molecular formula is C10H18F3N3O3. The average molecular weight is 285 g/mol. The second-order valence-corrected chi connectivity index (χ2v) is 4.48. The third-order valence-electron chi connectivity index (χ3n) is 1.99. The molecule has 0 aromatic carbocycles. The molecule has 0 rings (SSSR count). The Labute approximate surface area is 109 Å². The molecule has 6 nitrogen and oxygen atoms in total. The molecule has 1 atom stereocenters. The minimum atomic E-state index is -4.64. The lowest BCUT2D eigenvalue weighted by Gasteiger charge is -2.25. The summed E-state index contributed by atoms with van der Waals surface area (Å²) in [5, 5.41) is 10.8. The predicted octanol–water partition coefficient (Wildman–Crippen LogP) is 0.595. The Morgan fingerprint density at radius 3 is 2.21 bits per heavy atom. The number of halogens is 3. The van der Waals surface area contributed by atoms with E-state index in [1.54, 1.807) is 25.9 Å². The molecule has 0 aromatic heterocycles. The SMILES string of the molecule is CC(CN(C)C)NC(=O)N(CC(=O)O)CC(F)(F)F. The third-order valence-corrected chi connectivity index (χ3v) is 1.99. The highest BCUT2D eigenvalue weighted by atomic mass is 19.4. The average Bonchev–Trinajstić information content (AvgIpc) is 2.11. The number of rotatable bonds is 6. The van der Waals surface area contributed by atoms with E-state index in [2.05, 4.69) is 5.32 Å². The first-order valence-electron chi connectivity index (χ1n) is 5.50. The summed E-state index contributed by atoms with van der Waals surface area (Å²) in [6.07, 6.45) is -4.64. The molecule has 2 amide bonds. The lowest BCUT2D eigenvalue weighted by atomic mass is 10.3. The van der Waals surface area contributed by atoms with Crippen molar-refractivity contribution in [1.82, 2.24) is 15.1 Å². The highest BCUT2D eigenvalue weighted by Crippen LogP contribution is 2.16. The van der Waals surface area contributed by atoms with Gasteiger partial charge in [-0.05, 0) is 21.0 Å². The molecule has 0 aliphatic heterocycles. The number of carbonyl (C=O) groups is 2. The van der Waals surface area contributed by atoms with Crippen LogP contribution in [-0.4, -0.2) is 72.9 Å². The van der Waals surface area contributed by atoms with Crippen molar-refractivity contribution in [2.24, 2.45) is 0 Å². The van der Waals surface area contributed by atoms with Crippen LogP contribution in [0.4, 0.5) is 18.0 Å². The van der Waals surface area contributed by atoms with Crippen LogP contribution in [0.1, 0.15) is 6.92 Å². The Bertz CT molecular complexity index is 321. The fourth-order valence-electron chi connectivity index (χ4n) is 1.47. The number of aliphatic carboxylic acids is 1. The van der Waals surface area contributed by atoms with E-state index in [0.717, 1.165) is 0 Å². The van der Waals surface area contributed by atoms with Crippen LogP contribution in [0.3, 0.4) is 0 Å². The molecule has 0 radical (unpaired) electrons. The molecule has 0 aliphatic rings. The molecule has 9 heteroatoms. The molecular weight excluding hydrogens is 267 g/mol. The largest absolute Gasteiger partial charge is 0.480 e. The zero-order valence-corrected chi connectivity index (χ0v) is 11.0. The standard InChI is InChI=1S/C10H18F3N3O3/c1-7(4-15(2)3)14-9(19)16(5-8(17)18)6-10(11,12)13/h7H,4-6H2,1-3H3,(H,14,19)(H,17,18). The van der Waals surface area contributed by atoms with Gasteiger partial charge in [-0.25, -0.2) is 4.79 Å². The summed E-state index contributed by atoms with van der Waals surface area (Å²) in [6, 6.07) is -1.44. The van der Waals surface area contributed by atoms with E-state index in [9.17, 15) is 22.8 Å². The third kappa shape index (κ3) is 9.11. The van der Waals surface area contributed by atoms with Gasteiger partial charge in [0.1, 0.15) is 13.1 Å². The second-order valence-electron chi connectivity index (χ2n) is 4.48. The monoisotopic (exact) mass is 285 g/mol. The molecule has 0 spiro atoms. The number of carboxylic acid groups (broad SMARTS) is 1. The maximum Gasteiger partial charge on any atom is 0.406 e. The Hall–Kier alpha value is -1.51. The molecule has 0 aromatic rings. The van der Waals surface area contributed by atoms with Crippen LogP contribution in [0.15, 0.2) is 0 Å². The van der Waals surface area contributed by atoms with E-state index in [-0.39, 0.29) is 4.90 Å². The summed E-state index contributed by atoms with van der Waals surface area (Å²) < 4.78 is 36.7. The Balaban J connectivity index is 4.58. The van der Waals surface area contributed by atoms with Crippen molar-refractivity contribution in [3.8, 4) is 0 Å². The summed E-state index contributed by atoms with van der Waals surface area (Å²) in [5.41, 5.74) is 0. The number of hydrogen-bond acceptors (Lipinski definition) is 3. The number of urea groups is 1. The first-order chi connectivity index (χ1) is 8.51. The Kier molecular flexibility index (Phi) is 6.60. The van der Waals surface area contributed by atoms with Gasteiger partial charge in [-0.1, -0.05) is 0 Å². The van der Waals surface area contributed by atoms with Gasteiger partial charge in [-0.3, -0.25) is 4.79 Å². The van der Waals surface area contributed by atoms with Crippen molar-refractivity contribution in [2.45, 2.75) is 19.1 Å². The lowest BCUT2D eigenvalue weighted by molar-refractivity contribution is -0.149. The van der Waals surface area contributed by atoms with Gasteiger partial charge in [-0.15, -0.1) is 0 Å². The molecule has 1 unspecified atom stereocenters. The molecule has 0 saturated heterocycles. The van der Waals surface area contributed by atoms with E-state index in [0.29, 0.717) is 6.54 Å². The smallest absolute Gasteiger partial charge is 0.406 e. The summed E-state index contributed by atoms with van der Waals surface area (Å²) in [4.78, 5) is 24.0. The van der Waals surface area contributed by atoms with Crippen molar-refractivity contribution in [2.75, 3.05) is 33.7 Å². The van der Waals surface area contributed by atoms with Crippen molar-refractivity contribution < 1.29 is 27.9 Å². The van der Waals surface area contributed by atoms with Crippen molar-refractivity contribution in [3.63, 3.8) is 0 Å². The van der Waals surface area contributed by atoms with Gasteiger partial charge in [0, 0.05) is 12.6 Å². The van der Waals surface area contributed by atoms with E-state index >= 15 is 0 Å². The number of nitrogens with zero attached hydrogens (tertiary/aromatic N) is 2. The van der Waals surface area contributed by atoms with E-state index in [1.165, 1.54) is 0 Å².